The van der Waals surface area contributed by atoms with Crippen LogP contribution in [0.2, 0.25) is 0 Å². The molecule has 1 amide bonds. The average molecular weight is 448 g/mol. The number of nitrogens with zero attached hydrogens (tertiary/aromatic N) is 6. The molecule has 11 nitrogen and oxygen atoms in total. The summed E-state index contributed by atoms with van der Waals surface area (Å²) in [7, 11) is 4.06. The van der Waals surface area contributed by atoms with E-state index in [-0.39, 0.29) is 23.8 Å². The number of rotatable bonds is 6. The molecule has 176 valence electrons. The monoisotopic (exact) mass is 447 g/mol. The predicted molar refractivity (Wildman–Crippen MR) is 116 cm³/mol. The summed E-state index contributed by atoms with van der Waals surface area (Å²) in [6.07, 6.45) is 5.21. The second-order valence-corrected chi connectivity index (χ2v) is 8.66. The molecule has 2 saturated heterocycles. The topological polar surface area (TPSA) is 130 Å². The number of aryl methyl sites for hydroxylation is 2. The Balaban J connectivity index is 0.000000913. The van der Waals surface area contributed by atoms with E-state index in [0.29, 0.717) is 19.5 Å². The maximum absolute atomic E-state index is 13.4. The summed E-state index contributed by atoms with van der Waals surface area (Å²) in [6.45, 7) is 5.79. The number of carbonyl (C=O) groups excluding carboxylic acids is 1. The van der Waals surface area contributed by atoms with Crippen molar-refractivity contribution in [2.24, 2.45) is 12.5 Å². The smallest absolute Gasteiger partial charge is 0.290 e. The number of carbonyl (C=O) groups is 2. The fourth-order valence-corrected chi connectivity index (χ4v) is 4.88. The molecule has 2 atom stereocenters. The molecular formula is C21H33N7O4. The largest absolute Gasteiger partial charge is 0.483 e. The first kappa shape index (κ1) is 23.9. The van der Waals surface area contributed by atoms with Gasteiger partial charge in [-0.1, -0.05) is 5.16 Å². The molecule has 2 fully saturated rings. The van der Waals surface area contributed by atoms with Gasteiger partial charge in [0.05, 0.1) is 17.7 Å². The van der Waals surface area contributed by atoms with Gasteiger partial charge in [0.1, 0.15) is 12.2 Å². The van der Waals surface area contributed by atoms with E-state index in [1.165, 1.54) is 0 Å². The molecule has 0 radical (unpaired) electrons. The molecule has 0 spiro atoms. The van der Waals surface area contributed by atoms with Gasteiger partial charge in [-0.25, -0.2) is 0 Å². The Bertz CT molecular complexity index is 898. The Morgan fingerprint density at radius 3 is 2.81 bits per heavy atom. The first-order valence-electron chi connectivity index (χ1n) is 10.9. The van der Waals surface area contributed by atoms with E-state index in [4.69, 9.17) is 14.4 Å². The Labute approximate surface area is 187 Å². The number of likely N-dealkylation sites (N-methyl/N-ethyl adjacent to an activating group) is 1. The number of nitrogens with one attached hydrogen (secondary N) is 1. The van der Waals surface area contributed by atoms with Gasteiger partial charge in [0, 0.05) is 38.7 Å². The zero-order valence-electron chi connectivity index (χ0n) is 19.0. The molecule has 32 heavy (non-hydrogen) atoms. The lowest BCUT2D eigenvalue weighted by atomic mass is 9.67. The summed E-state index contributed by atoms with van der Waals surface area (Å²) in [5.74, 6) is 1.93. The number of carboxylic acid groups (broad SMARTS) is 1. The minimum Gasteiger partial charge on any atom is -0.483 e. The highest BCUT2D eigenvalue weighted by Gasteiger charge is 2.52. The maximum Gasteiger partial charge on any atom is 0.290 e. The zero-order chi connectivity index (χ0) is 23.1. The van der Waals surface area contributed by atoms with Crippen LogP contribution in [0.3, 0.4) is 0 Å². The van der Waals surface area contributed by atoms with E-state index in [1.54, 1.807) is 6.33 Å². The van der Waals surface area contributed by atoms with E-state index >= 15 is 0 Å². The first-order valence-corrected chi connectivity index (χ1v) is 10.9. The molecule has 11 heteroatoms. The standard InChI is InChI=1S/C20H31N7O2.CH2O2/c1-15-11-16(29-24-15)12-27-9-4-6-20(7-10-25(2)13-17(20)27)19(28)21-8-5-18-23-22-14-26(18)3;2-1-3/h11,14,17H,4-10,12-13H2,1-3H3,(H,21,28);1H,(H,2,3)/t17-,20+;/m0./s1. The number of hydrogen-bond acceptors (Lipinski definition) is 8. The molecular weight excluding hydrogens is 414 g/mol. The van der Waals surface area contributed by atoms with Crippen LogP contribution in [-0.2, 0) is 29.6 Å². The third-order valence-corrected chi connectivity index (χ3v) is 6.50. The summed E-state index contributed by atoms with van der Waals surface area (Å²) in [4.78, 5) is 26.6. The van der Waals surface area contributed by atoms with Crippen LogP contribution in [0.25, 0.3) is 0 Å². The lowest BCUT2D eigenvalue weighted by Gasteiger charge is -2.53. The van der Waals surface area contributed by atoms with Gasteiger partial charge in [-0.3, -0.25) is 14.5 Å². The number of amides is 1. The van der Waals surface area contributed by atoms with Crippen LogP contribution < -0.4 is 5.32 Å². The van der Waals surface area contributed by atoms with Crippen molar-refractivity contribution in [2.45, 2.75) is 45.2 Å². The van der Waals surface area contributed by atoms with Crippen LogP contribution in [0.1, 0.15) is 36.5 Å². The van der Waals surface area contributed by atoms with Gasteiger partial charge in [0.15, 0.2) is 5.76 Å². The van der Waals surface area contributed by atoms with Crippen LogP contribution in [0, 0.1) is 12.3 Å². The van der Waals surface area contributed by atoms with Crippen molar-refractivity contribution in [1.29, 1.82) is 0 Å². The second kappa shape index (κ2) is 10.7. The van der Waals surface area contributed by atoms with Gasteiger partial charge >= 0.3 is 0 Å². The number of piperidine rings is 2. The normalized spacial score (nSPS) is 23.7. The fraction of sp³-hybridized carbons (Fsp3) is 0.667. The van der Waals surface area contributed by atoms with Crippen molar-refractivity contribution in [3.05, 3.63) is 29.7 Å². The molecule has 2 aromatic rings. The highest BCUT2D eigenvalue weighted by atomic mass is 16.5. The van der Waals surface area contributed by atoms with E-state index in [2.05, 4.69) is 37.5 Å². The van der Waals surface area contributed by atoms with Crippen LogP contribution >= 0.6 is 0 Å². The molecule has 0 aliphatic carbocycles. The highest BCUT2D eigenvalue weighted by Crippen LogP contribution is 2.43. The van der Waals surface area contributed by atoms with Gasteiger partial charge in [0.25, 0.3) is 6.47 Å². The van der Waals surface area contributed by atoms with Crippen molar-refractivity contribution in [2.75, 3.05) is 33.2 Å². The Morgan fingerprint density at radius 2 is 2.16 bits per heavy atom. The van der Waals surface area contributed by atoms with Gasteiger partial charge < -0.3 is 24.4 Å². The van der Waals surface area contributed by atoms with Gasteiger partial charge in [-0.2, -0.15) is 0 Å². The van der Waals surface area contributed by atoms with Crippen LogP contribution in [0.4, 0.5) is 0 Å². The second-order valence-electron chi connectivity index (χ2n) is 8.66. The molecule has 4 heterocycles. The van der Waals surface area contributed by atoms with Crippen molar-refractivity contribution in [3.8, 4) is 0 Å². The number of aromatic nitrogens is 4. The molecule has 0 unspecified atom stereocenters. The van der Waals surface area contributed by atoms with Crippen molar-refractivity contribution >= 4 is 12.4 Å². The molecule has 0 bridgehead atoms. The third kappa shape index (κ3) is 5.33. The summed E-state index contributed by atoms with van der Waals surface area (Å²) in [5, 5.41) is 22.1. The van der Waals surface area contributed by atoms with Crippen LogP contribution in [-0.4, -0.2) is 86.5 Å². The van der Waals surface area contributed by atoms with Crippen molar-refractivity contribution in [1.82, 2.24) is 35.0 Å². The molecule has 2 aliphatic heterocycles. The van der Waals surface area contributed by atoms with E-state index in [0.717, 1.165) is 56.2 Å². The van der Waals surface area contributed by atoms with E-state index < -0.39 is 0 Å². The summed E-state index contributed by atoms with van der Waals surface area (Å²) >= 11 is 0. The number of likely N-dealkylation sites (tertiary alicyclic amines) is 2. The van der Waals surface area contributed by atoms with E-state index in [9.17, 15) is 4.79 Å². The molecule has 2 N–H and O–H groups in total. The lowest BCUT2D eigenvalue weighted by molar-refractivity contribution is -0.145. The van der Waals surface area contributed by atoms with Gasteiger partial charge in [-0.05, 0) is 46.3 Å². The van der Waals surface area contributed by atoms with Crippen molar-refractivity contribution < 1.29 is 19.2 Å². The predicted octanol–water partition coefficient (Wildman–Crippen LogP) is 0.458. The molecule has 0 saturated carbocycles. The summed E-state index contributed by atoms with van der Waals surface area (Å²) < 4.78 is 7.36. The highest BCUT2D eigenvalue weighted by molar-refractivity contribution is 5.84. The fourth-order valence-electron chi connectivity index (χ4n) is 4.88. The summed E-state index contributed by atoms with van der Waals surface area (Å²) in [6, 6.07) is 2.17. The Morgan fingerprint density at radius 1 is 1.38 bits per heavy atom. The SMILES string of the molecule is Cc1cc(CN2CCC[C@@]3(C(=O)NCCc4nncn4C)CCN(C)C[C@H]23)on1.O=CO. The number of fused-ring (bicyclic) bond motifs is 1. The first-order chi connectivity index (χ1) is 15.4. The maximum atomic E-state index is 13.4. The molecule has 2 aliphatic rings. The van der Waals surface area contributed by atoms with Crippen LogP contribution in [0.5, 0.6) is 0 Å². The Hall–Kier alpha value is -2.79. The van der Waals surface area contributed by atoms with Crippen molar-refractivity contribution in [3.63, 3.8) is 0 Å². The lowest BCUT2D eigenvalue weighted by Crippen LogP contribution is -2.65. The Kier molecular flexibility index (Phi) is 7.97. The molecule has 2 aromatic heterocycles. The van der Waals surface area contributed by atoms with E-state index in [1.807, 2.05) is 24.6 Å². The average Bonchev–Trinajstić information content (AvgIpc) is 3.36. The van der Waals surface area contributed by atoms with Crippen LogP contribution in [0.15, 0.2) is 16.9 Å². The molecule has 4 rings (SSSR count). The number of hydrogen-bond donors (Lipinski definition) is 2. The zero-order valence-corrected chi connectivity index (χ0v) is 19.0. The van der Waals surface area contributed by atoms with Gasteiger partial charge in [0.2, 0.25) is 5.91 Å². The minimum atomic E-state index is -0.348. The quantitative estimate of drug-likeness (QED) is 0.607. The summed E-state index contributed by atoms with van der Waals surface area (Å²) in [5.41, 5.74) is 0.547. The third-order valence-electron chi connectivity index (χ3n) is 6.50. The van der Waals surface area contributed by atoms with Gasteiger partial charge in [-0.15, -0.1) is 10.2 Å². The minimum absolute atomic E-state index is 0.176. The molecule has 0 aromatic carbocycles.